The summed E-state index contributed by atoms with van der Waals surface area (Å²) in [6.45, 7) is 9.34. The third-order valence-corrected chi connectivity index (χ3v) is 1.68. The molecule has 0 amide bonds. The number of hydrogen-bond acceptors (Lipinski definition) is 3. The summed E-state index contributed by atoms with van der Waals surface area (Å²) in [5, 5.41) is 9.24. The van der Waals surface area contributed by atoms with Crippen molar-refractivity contribution in [1.82, 2.24) is 0 Å². The second-order valence-electron chi connectivity index (χ2n) is 3.54. The van der Waals surface area contributed by atoms with Gasteiger partial charge in [-0.15, -0.1) is 6.58 Å². The van der Waals surface area contributed by atoms with Gasteiger partial charge in [0.15, 0.2) is 0 Å². The van der Waals surface area contributed by atoms with Crippen molar-refractivity contribution in [1.29, 1.82) is 0 Å². The Morgan fingerprint density at radius 3 is 2.46 bits per heavy atom. The molecular weight excluding hydrogens is 168 g/mol. The van der Waals surface area contributed by atoms with E-state index in [1.54, 1.807) is 6.92 Å². The number of hydrogen-bond donors (Lipinski definition) is 1. The highest BCUT2D eigenvalue weighted by molar-refractivity contribution is 5.72. The molecule has 0 aliphatic carbocycles. The molecule has 0 radical (unpaired) electrons. The molecule has 0 aromatic rings. The predicted octanol–water partition coefficient (Wildman–Crippen LogP) is 1.37. The molecule has 0 bridgehead atoms. The van der Waals surface area contributed by atoms with E-state index in [1.165, 1.54) is 6.08 Å². The van der Waals surface area contributed by atoms with E-state index >= 15 is 0 Å². The minimum atomic E-state index is -0.820. The summed E-state index contributed by atoms with van der Waals surface area (Å²) in [5.74, 6) is -0.589. The molecule has 1 N–H and O–H groups in total. The van der Waals surface area contributed by atoms with Gasteiger partial charge in [-0.05, 0) is 12.8 Å². The maximum Gasteiger partial charge on any atom is 0.311 e. The van der Waals surface area contributed by atoms with E-state index in [0.29, 0.717) is 12.5 Å². The van der Waals surface area contributed by atoms with Crippen LogP contribution in [0.15, 0.2) is 12.7 Å². The molecule has 0 aromatic heterocycles. The molecule has 2 atom stereocenters. The fourth-order valence-electron chi connectivity index (χ4n) is 0.724. The normalized spacial score (nSPS) is 15.2. The first kappa shape index (κ1) is 12.2. The fourth-order valence-corrected chi connectivity index (χ4v) is 0.724. The predicted molar refractivity (Wildman–Crippen MR) is 51.2 cm³/mol. The molecule has 0 unspecified atom stereocenters. The number of carbonyl (C=O) groups excluding carboxylic acids is 1. The summed E-state index contributed by atoms with van der Waals surface area (Å²) in [6, 6.07) is 0. The average Bonchev–Trinajstić information content (AvgIpc) is 2.11. The van der Waals surface area contributed by atoms with Crippen LogP contribution in [-0.2, 0) is 9.53 Å². The molecule has 0 rings (SSSR count). The van der Waals surface area contributed by atoms with Crippen molar-refractivity contribution in [3.63, 3.8) is 0 Å². The lowest BCUT2D eigenvalue weighted by atomic mass is 10.1. The van der Waals surface area contributed by atoms with Crippen LogP contribution >= 0.6 is 0 Å². The van der Waals surface area contributed by atoms with Crippen molar-refractivity contribution < 1.29 is 14.6 Å². The minimum absolute atomic E-state index is 0.317. The molecule has 0 saturated heterocycles. The summed E-state index contributed by atoms with van der Waals surface area (Å²) >= 11 is 0. The van der Waals surface area contributed by atoms with Gasteiger partial charge in [0, 0.05) is 0 Å². The van der Waals surface area contributed by atoms with E-state index < -0.39 is 12.0 Å². The van der Waals surface area contributed by atoms with E-state index in [0.717, 1.165) is 0 Å². The van der Waals surface area contributed by atoms with Crippen LogP contribution in [0, 0.1) is 11.8 Å². The molecule has 0 saturated carbocycles. The Morgan fingerprint density at radius 2 is 2.08 bits per heavy atom. The summed E-state index contributed by atoms with van der Waals surface area (Å²) in [4.78, 5) is 11.2. The minimum Gasteiger partial charge on any atom is -0.465 e. The van der Waals surface area contributed by atoms with Gasteiger partial charge in [0.25, 0.3) is 0 Å². The van der Waals surface area contributed by atoms with Gasteiger partial charge in [0.2, 0.25) is 0 Å². The van der Waals surface area contributed by atoms with E-state index in [-0.39, 0.29) is 5.97 Å². The topological polar surface area (TPSA) is 46.5 Å². The summed E-state index contributed by atoms with van der Waals surface area (Å²) < 4.78 is 4.94. The highest BCUT2D eigenvalue weighted by Gasteiger charge is 2.20. The Bertz CT molecular complexity index is 175. The number of ether oxygens (including phenoxy) is 1. The Labute approximate surface area is 79.4 Å². The second-order valence-corrected chi connectivity index (χ2v) is 3.54. The van der Waals surface area contributed by atoms with Crippen LogP contribution in [-0.4, -0.2) is 23.8 Å². The quantitative estimate of drug-likeness (QED) is 0.521. The van der Waals surface area contributed by atoms with Gasteiger partial charge in [0.1, 0.15) is 0 Å². The van der Waals surface area contributed by atoms with Crippen LogP contribution < -0.4 is 0 Å². The van der Waals surface area contributed by atoms with Gasteiger partial charge < -0.3 is 9.84 Å². The molecular formula is C10H18O3. The third-order valence-electron chi connectivity index (χ3n) is 1.68. The summed E-state index contributed by atoms with van der Waals surface area (Å²) in [5.41, 5.74) is 0. The largest absolute Gasteiger partial charge is 0.465 e. The molecule has 0 aromatic carbocycles. The van der Waals surface area contributed by atoms with E-state index in [9.17, 15) is 9.90 Å². The Hall–Kier alpha value is -0.830. The molecule has 0 spiro atoms. The maximum absolute atomic E-state index is 11.2. The molecule has 0 aliphatic rings. The number of aliphatic hydroxyl groups is 1. The lowest BCUT2D eigenvalue weighted by molar-refractivity contribution is -0.151. The van der Waals surface area contributed by atoms with Gasteiger partial charge >= 0.3 is 5.97 Å². The first-order valence-electron chi connectivity index (χ1n) is 4.46. The van der Waals surface area contributed by atoms with E-state index in [1.807, 2.05) is 13.8 Å². The molecule has 0 aliphatic heterocycles. The summed E-state index contributed by atoms with van der Waals surface area (Å²) in [6.07, 6.45) is 0.515. The number of esters is 1. The Kier molecular flexibility index (Phi) is 5.39. The van der Waals surface area contributed by atoms with Crippen molar-refractivity contribution in [2.75, 3.05) is 6.61 Å². The first-order valence-corrected chi connectivity index (χ1v) is 4.46. The monoisotopic (exact) mass is 186 g/mol. The highest BCUT2D eigenvalue weighted by atomic mass is 16.5. The number of carbonyl (C=O) groups is 1. The Morgan fingerprint density at radius 1 is 1.54 bits per heavy atom. The average molecular weight is 186 g/mol. The number of rotatable bonds is 5. The third kappa shape index (κ3) is 4.68. The molecule has 76 valence electrons. The van der Waals surface area contributed by atoms with Crippen LogP contribution in [0.25, 0.3) is 0 Å². The first-order chi connectivity index (χ1) is 5.99. The zero-order valence-electron chi connectivity index (χ0n) is 8.49. The fraction of sp³-hybridized carbons (Fsp3) is 0.700. The zero-order valence-corrected chi connectivity index (χ0v) is 8.49. The Balaban J connectivity index is 3.89. The lowest BCUT2D eigenvalue weighted by Crippen LogP contribution is -2.26. The molecule has 0 heterocycles. The molecule has 0 fully saturated rings. The SMILES string of the molecule is C=C[C@H](O)[C@@H](C)C(=O)OCC(C)C. The van der Waals surface area contributed by atoms with Gasteiger partial charge in [-0.2, -0.15) is 0 Å². The van der Waals surface area contributed by atoms with E-state index in [4.69, 9.17) is 4.74 Å². The van der Waals surface area contributed by atoms with Gasteiger partial charge in [-0.3, -0.25) is 4.79 Å². The second kappa shape index (κ2) is 5.75. The zero-order chi connectivity index (χ0) is 10.4. The molecule has 3 nitrogen and oxygen atoms in total. The maximum atomic E-state index is 11.2. The lowest BCUT2D eigenvalue weighted by Gasteiger charge is -2.15. The number of aliphatic hydroxyl groups excluding tert-OH is 1. The van der Waals surface area contributed by atoms with Gasteiger partial charge in [-0.1, -0.05) is 19.9 Å². The van der Waals surface area contributed by atoms with Crippen LogP contribution in [0.3, 0.4) is 0 Å². The van der Waals surface area contributed by atoms with Crippen molar-refractivity contribution >= 4 is 5.97 Å². The molecule has 3 heteroatoms. The van der Waals surface area contributed by atoms with Crippen LogP contribution in [0.5, 0.6) is 0 Å². The van der Waals surface area contributed by atoms with Crippen molar-refractivity contribution in [3.05, 3.63) is 12.7 Å². The smallest absolute Gasteiger partial charge is 0.311 e. The van der Waals surface area contributed by atoms with Crippen molar-refractivity contribution in [3.8, 4) is 0 Å². The van der Waals surface area contributed by atoms with Gasteiger partial charge in [0.05, 0.1) is 18.6 Å². The molecule has 13 heavy (non-hydrogen) atoms. The van der Waals surface area contributed by atoms with Crippen molar-refractivity contribution in [2.45, 2.75) is 26.9 Å². The summed E-state index contributed by atoms with van der Waals surface area (Å²) in [7, 11) is 0. The van der Waals surface area contributed by atoms with Crippen LogP contribution in [0.2, 0.25) is 0 Å². The van der Waals surface area contributed by atoms with Gasteiger partial charge in [-0.25, -0.2) is 0 Å². The van der Waals surface area contributed by atoms with E-state index in [2.05, 4.69) is 6.58 Å². The highest BCUT2D eigenvalue weighted by Crippen LogP contribution is 2.07. The standard InChI is InChI=1S/C10H18O3/c1-5-9(11)8(4)10(12)13-6-7(2)3/h5,7-9,11H,1,6H2,2-4H3/t8-,9+/m1/s1. The van der Waals surface area contributed by atoms with Crippen LogP contribution in [0.1, 0.15) is 20.8 Å². The van der Waals surface area contributed by atoms with Crippen molar-refractivity contribution in [2.24, 2.45) is 11.8 Å². The van der Waals surface area contributed by atoms with Crippen LogP contribution in [0.4, 0.5) is 0 Å².